The largest absolute Gasteiger partial charge is 0.477 e. The lowest BCUT2D eigenvalue weighted by molar-refractivity contribution is -0.192. The summed E-state index contributed by atoms with van der Waals surface area (Å²) in [6, 6.07) is 0. The SMILES string of the molecule is COC1(NC(=O)CSCn2cnnn2)C(=O)N2C(C(=O)O)=C(CSc3nncs3)CSC21. The molecule has 0 aliphatic carbocycles. The minimum absolute atomic E-state index is 0.0427. The quantitative estimate of drug-likeness (QED) is 0.241. The second kappa shape index (κ2) is 9.74. The number of tetrazole rings is 1. The number of methoxy groups -OCH3 is 1. The highest BCUT2D eigenvalue weighted by Gasteiger charge is 2.66. The summed E-state index contributed by atoms with van der Waals surface area (Å²) < 4.78 is 7.60. The molecule has 0 spiro atoms. The molecule has 4 rings (SSSR count). The van der Waals surface area contributed by atoms with Gasteiger partial charge in [-0.1, -0.05) is 23.1 Å². The number of β-lactam (4-membered cyclic amide) rings is 1. The Morgan fingerprint density at radius 3 is 2.94 bits per heavy atom. The van der Waals surface area contributed by atoms with Gasteiger partial charge in [-0.25, -0.2) is 9.48 Å². The molecule has 2 atom stereocenters. The Balaban J connectivity index is 1.43. The second-order valence-corrected chi connectivity index (χ2v) is 10.5. The maximum atomic E-state index is 13.0. The maximum absolute atomic E-state index is 13.0. The highest BCUT2D eigenvalue weighted by Crippen LogP contribution is 2.47. The number of nitrogens with one attached hydrogen (secondary N) is 1. The summed E-state index contributed by atoms with van der Waals surface area (Å²) in [5.41, 5.74) is 0.498. The first-order valence-electron chi connectivity index (χ1n) is 8.90. The van der Waals surface area contributed by atoms with Crippen molar-refractivity contribution in [3.63, 3.8) is 0 Å². The molecule has 17 heteroatoms. The van der Waals surface area contributed by atoms with Gasteiger partial charge in [0, 0.05) is 18.6 Å². The lowest BCUT2D eigenvalue weighted by Gasteiger charge is -2.55. The molecule has 4 heterocycles. The summed E-state index contributed by atoms with van der Waals surface area (Å²) in [4.78, 5) is 38.7. The minimum Gasteiger partial charge on any atom is -0.477 e. The number of thioether (sulfide) groups is 3. The smallest absolute Gasteiger partial charge is 0.352 e. The van der Waals surface area contributed by atoms with E-state index in [1.54, 1.807) is 5.51 Å². The number of aliphatic carboxylic acids is 1. The molecule has 2 N–H and O–H groups in total. The lowest BCUT2D eigenvalue weighted by Crippen LogP contribution is -2.80. The van der Waals surface area contributed by atoms with Crippen LogP contribution >= 0.6 is 46.6 Å². The van der Waals surface area contributed by atoms with Crippen LogP contribution in [0.3, 0.4) is 0 Å². The summed E-state index contributed by atoms with van der Waals surface area (Å²) in [5.74, 6) is -1.10. The predicted molar refractivity (Wildman–Crippen MR) is 117 cm³/mol. The van der Waals surface area contributed by atoms with Crippen LogP contribution in [0.1, 0.15) is 0 Å². The van der Waals surface area contributed by atoms with Crippen LogP contribution in [-0.4, -0.2) is 93.7 Å². The van der Waals surface area contributed by atoms with Crippen molar-refractivity contribution < 1.29 is 24.2 Å². The van der Waals surface area contributed by atoms with E-state index in [-0.39, 0.29) is 11.4 Å². The number of nitrogens with zero attached hydrogens (tertiary/aromatic N) is 7. The van der Waals surface area contributed by atoms with Gasteiger partial charge in [0.25, 0.3) is 11.6 Å². The van der Waals surface area contributed by atoms with Crippen LogP contribution in [0.5, 0.6) is 0 Å². The molecule has 2 amide bonds. The van der Waals surface area contributed by atoms with Crippen LogP contribution in [-0.2, 0) is 25.0 Å². The Bertz CT molecular complexity index is 1030. The van der Waals surface area contributed by atoms with E-state index in [9.17, 15) is 19.5 Å². The van der Waals surface area contributed by atoms with E-state index < -0.39 is 28.9 Å². The van der Waals surface area contributed by atoms with E-state index in [0.717, 1.165) is 0 Å². The van der Waals surface area contributed by atoms with Crippen molar-refractivity contribution in [2.75, 3.05) is 24.4 Å². The van der Waals surface area contributed by atoms with E-state index in [1.807, 2.05) is 0 Å². The highest BCUT2D eigenvalue weighted by molar-refractivity contribution is 8.01. The molecule has 2 unspecified atom stereocenters. The van der Waals surface area contributed by atoms with Gasteiger partial charge in [0.1, 0.15) is 22.9 Å². The van der Waals surface area contributed by atoms with Crippen LogP contribution in [0.25, 0.3) is 0 Å². The fourth-order valence-corrected chi connectivity index (χ4v) is 6.86. The Labute approximate surface area is 197 Å². The number of aromatic nitrogens is 6. The van der Waals surface area contributed by atoms with E-state index in [1.165, 1.54) is 69.6 Å². The van der Waals surface area contributed by atoms with Crippen molar-refractivity contribution in [1.82, 2.24) is 40.6 Å². The van der Waals surface area contributed by atoms with E-state index in [4.69, 9.17) is 4.74 Å². The predicted octanol–water partition coefficient (Wildman–Crippen LogP) is -0.280. The fraction of sp³-hybridized carbons (Fsp3) is 0.467. The van der Waals surface area contributed by atoms with Crippen molar-refractivity contribution in [1.29, 1.82) is 0 Å². The second-order valence-electron chi connectivity index (χ2n) is 6.40. The third kappa shape index (κ3) is 4.34. The van der Waals surface area contributed by atoms with Crippen LogP contribution in [0.2, 0.25) is 0 Å². The number of fused-ring (bicyclic) bond motifs is 1. The maximum Gasteiger partial charge on any atom is 0.352 e. The van der Waals surface area contributed by atoms with Crippen LogP contribution in [0.15, 0.2) is 27.4 Å². The minimum atomic E-state index is -1.62. The Morgan fingerprint density at radius 1 is 1.44 bits per heavy atom. The van der Waals surface area contributed by atoms with Crippen molar-refractivity contribution >= 4 is 64.4 Å². The van der Waals surface area contributed by atoms with Crippen molar-refractivity contribution in [3.05, 3.63) is 23.1 Å². The molecule has 1 fully saturated rings. The number of carboxylic acids is 1. The van der Waals surface area contributed by atoms with Crippen molar-refractivity contribution in [2.24, 2.45) is 0 Å². The average molecular weight is 517 g/mol. The summed E-state index contributed by atoms with van der Waals surface area (Å²) in [6.07, 6.45) is 1.42. The van der Waals surface area contributed by atoms with Gasteiger partial charge in [0.15, 0.2) is 4.34 Å². The fourth-order valence-electron chi connectivity index (χ4n) is 3.14. The van der Waals surface area contributed by atoms with Gasteiger partial charge < -0.3 is 15.2 Å². The molecule has 2 aliphatic heterocycles. The molecule has 0 aromatic carbocycles. The number of carbonyl (C=O) groups excluding carboxylic acids is 2. The zero-order valence-electron chi connectivity index (χ0n) is 16.4. The summed E-state index contributed by atoms with van der Waals surface area (Å²) >= 11 is 5.31. The highest BCUT2D eigenvalue weighted by atomic mass is 32.2. The van der Waals surface area contributed by atoms with Crippen LogP contribution in [0.4, 0.5) is 0 Å². The number of carbonyl (C=O) groups is 3. The number of hydrogen-bond donors (Lipinski definition) is 2. The Morgan fingerprint density at radius 2 is 2.28 bits per heavy atom. The van der Waals surface area contributed by atoms with Crippen molar-refractivity contribution in [2.45, 2.75) is 21.3 Å². The molecule has 13 nitrogen and oxygen atoms in total. The van der Waals surface area contributed by atoms with Gasteiger partial charge >= 0.3 is 5.97 Å². The number of hydrogen-bond acceptors (Lipinski definition) is 13. The van der Waals surface area contributed by atoms with Crippen molar-refractivity contribution in [3.8, 4) is 0 Å². The first-order valence-corrected chi connectivity index (χ1v) is 13.0. The molecule has 2 aliphatic rings. The summed E-state index contributed by atoms with van der Waals surface area (Å²) in [5, 5.41) is 30.2. The molecule has 1 saturated heterocycles. The lowest BCUT2D eigenvalue weighted by atomic mass is 9.98. The van der Waals surface area contributed by atoms with E-state index in [0.29, 0.717) is 27.3 Å². The monoisotopic (exact) mass is 516 g/mol. The van der Waals surface area contributed by atoms with E-state index >= 15 is 0 Å². The normalized spacial score (nSPS) is 22.5. The molecular formula is C15H16N8O5S4. The number of ether oxygens (including phenoxy) is 1. The molecule has 0 radical (unpaired) electrons. The van der Waals surface area contributed by atoms with Gasteiger partial charge in [0.05, 0.1) is 11.6 Å². The third-order valence-electron chi connectivity index (χ3n) is 4.52. The van der Waals surface area contributed by atoms with Gasteiger partial charge in [-0.2, -0.15) is 0 Å². The van der Waals surface area contributed by atoms with Crippen LogP contribution < -0.4 is 5.32 Å². The molecule has 2 aromatic heterocycles. The summed E-state index contributed by atoms with van der Waals surface area (Å²) in [7, 11) is 1.31. The molecule has 2 aromatic rings. The van der Waals surface area contributed by atoms with Gasteiger partial charge in [-0.05, 0) is 16.0 Å². The first kappa shape index (κ1) is 23.0. The Kier molecular flexibility index (Phi) is 6.99. The number of amides is 2. The zero-order chi connectivity index (χ0) is 22.7. The molecule has 170 valence electrons. The summed E-state index contributed by atoms with van der Waals surface area (Å²) in [6.45, 7) is 0. The third-order valence-corrected chi connectivity index (χ3v) is 8.75. The first-order chi connectivity index (χ1) is 15.5. The molecule has 0 saturated carbocycles. The van der Waals surface area contributed by atoms with Crippen LogP contribution in [0, 0.1) is 0 Å². The molecule has 32 heavy (non-hydrogen) atoms. The van der Waals surface area contributed by atoms with Gasteiger partial charge in [-0.3, -0.25) is 14.5 Å². The topological polar surface area (TPSA) is 165 Å². The Hall–Kier alpha value is -2.21. The molecular weight excluding hydrogens is 500 g/mol. The standard InChI is InChI=1S/C15H16N8O5S4/c1-28-15(18-9(24)4-29-7-22-5-16-20-21-22)12(27)23-10(11(25)26)8(2-30-13(15)23)3-31-14-19-17-6-32-14/h5-6,13H,2-4,7H2,1H3,(H,18,24)(H,25,26). The average Bonchev–Trinajstić information content (AvgIpc) is 3.49. The van der Waals surface area contributed by atoms with E-state index in [2.05, 4.69) is 31.0 Å². The zero-order valence-corrected chi connectivity index (χ0v) is 19.7. The van der Waals surface area contributed by atoms with Gasteiger partial charge in [-0.15, -0.1) is 38.8 Å². The molecule has 0 bridgehead atoms. The van der Waals surface area contributed by atoms with Gasteiger partial charge in [0.2, 0.25) is 5.91 Å². The number of rotatable bonds is 10. The number of carboxylic acid groups (broad SMARTS) is 1.